The lowest BCUT2D eigenvalue weighted by Crippen LogP contribution is -2.58. The van der Waals surface area contributed by atoms with E-state index in [4.69, 9.17) is 41.0 Å². The molecule has 1 aliphatic carbocycles. The minimum absolute atomic E-state index is 0.00833. The van der Waals surface area contributed by atoms with E-state index in [0.29, 0.717) is 28.6 Å². The van der Waals surface area contributed by atoms with Crippen LogP contribution < -0.4 is 40.3 Å². The van der Waals surface area contributed by atoms with Crippen LogP contribution in [0, 0.1) is 5.92 Å². The molecule has 14 nitrogen and oxygen atoms in total. The van der Waals surface area contributed by atoms with Crippen LogP contribution in [0.25, 0.3) is 0 Å². The maximum absolute atomic E-state index is 15.0. The smallest absolute Gasteiger partial charge is 0.258 e. The Bertz CT molecular complexity index is 2120. The molecule has 3 atom stereocenters. The maximum Gasteiger partial charge on any atom is 0.258 e. The van der Waals surface area contributed by atoms with Gasteiger partial charge in [-0.05, 0) is 24.1 Å². The van der Waals surface area contributed by atoms with Crippen molar-refractivity contribution in [3.8, 4) is 28.7 Å². The van der Waals surface area contributed by atoms with Crippen LogP contribution in [0.5, 0.6) is 28.7 Å². The molecule has 7 rings (SSSR count). The average Bonchev–Trinajstić information content (AvgIpc) is 3.62. The van der Waals surface area contributed by atoms with Gasteiger partial charge in [0, 0.05) is 48.6 Å². The number of carbonyl (C=O) groups is 2. The number of nitrogens with one attached hydrogen (secondary N) is 2. The largest absolute Gasteiger partial charge is 0.496 e. The van der Waals surface area contributed by atoms with E-state index in [-0.39, 0.29) is 63.8 Å². The van der Waals surface area contributed by atoms with E-state index in [1.165, 1.54) is 27.4 Å². The second kappa shape index (κ2) is 11.3. The summed E-state index contributed by atoms with van der Waals surface area (Å²) in [7, 11) is 6.16. The van der Waals surface area contributed by atoms with Crippen molar-refractivity contribution in [2.75, 3.05) is 32.4 Å². The Morgan fingerprint density at radius 2 is 1.81 bits per heavy atom. The number of imidazole rings is 1. The lowest BCUT2D eigenvalue weighted by molar-refractivity contribution is -0.130. The van der Waals surface area contributed by atoms with E-state index < -0.39 is 34.6 Å². The normalized spacial score (nSPS) is 20.9. The molecule has 4 N–H and O–H groups in total. The highest BCUT2D eigenvalue weighted by Gasteiger charge is 2.63. The number of Topliss-reactive ketones (excluding diaryl/α,β-unsaturated/α-hetero) is 2. The summed E-state index contributed by atoms with van der Waals surface area (Å²) in [5.41, 5.74) is 4.67. The molecule has 0 saturated carbocycles. The quantitative estimate of drug-likeness (QED) is 0.242. The SMILES string of the molecule is COc1cc(C2C3=C(CC(C)C4(Oc5c(Cl)c(OC)cc(OC)c5C4=O)C3=O)Nc3nc(N)[nH]c(=O)c32)ccc1OCc1nccn1C. The Morgan fingerprint density at radius 1 is 1.06 bits per heavy atom. The molecule has 2 aliphatic heterocycles. The van der Waals surface area contributed by atoms with Gasteiger partial charge < -0.3 is 39.3 Å². The summed E-state index contributed by atoms with van der Waals surface area (Å²) in [5, 5.41) is 3.19. The third-order valence-electron chi connectivity index (χ3n) is 9.15. The molecule has 0 radical (unpaired) electrons. The van der Waals surface area contributed by atoms with E-state index in [9.17, 15) is 9.59 Å². The van der Waals surface area contributed by atoms with Crippen molar-refractivity contribution in [2.24, 2.45) is 13.0 Å². The molecule has 0 saturated heterocycles. The number of nitrogen functional groups attached to an aromatic ring is 1. The number of anilines is 2. The van der Waals surface area contributed by atoms with E-state index in [1.807, 2.05) is 17.8 Å². The van der Waals surface area contributed by atoms with Gasteiger partial charge in [-0.25, -0.2) is 4.98 Å². The van der Waals surface area contributed by atoms with Gasteiger partial charge in [0.1, 0.15) is 40.3 Å². The standard InChI is InChI=1S/C33H31ClN6O8/c1-14-10-16-23(28(41)33(14)29(42)24-19(45-4)12-20(46-5)26(34)27(24)48-33)22(25-30(37-16)38-32(35)39-31(25)43)15-6-7-17(18(11-15)44-3)47-13-21-36-8-9-40(21)2/h6-9,11-12,14,22H,10,13H2,1-5H3,(H4,35,37,38,39,43). The van der Waals surface area contributed by atoms with Crippen LogP contribution in [0.1, 0.15) is 46.6 Å². The highest BCUT2D eigenvalue weighted by molar-refractivity contribution is 6.36. The van der Waals surface area contributed by atoms with Gasteiger partial charge in [-0.3, -0.25) is 19.4 Å². The summed E-state index contributed by atoms with van der Waals surface area (Å²) < 4.78 is 30.8. The average molecular weight is 675 g/mol. The number of hydrogen-bond donors (Lipinski definition) is 3. The predicted octanol–water partition coefficient (Wildman–Crippen LogP) is 3.78. The van der Waals surface area contributed by atoms with Crippen LogP contribution in [0.3, 0.4) is 0 Å². The van der Waals surface area contributed by atoms with Crippen molar-refractivity contribution in [2.45, 2.75) is 31.5 Å². The van der Waals surface area contributed by atoms with E-state index in [2.05, 4.69) is 20.3 Å². The number of fused-ring (bicyclic) bond motifs is 2. The van der Waals surface area contributed by atoms with Crippen molar-refractivity contribution >= 4 is 34.9 Å². The Hall–Kier alpha value is -5.50. The van der Waals surface area contributed by atoms with Crippen molar-refractivity contribution in [3.05, 3.63) is 85.8 Å². The second-order valence-corrected chi connectivity index (χ2v) is 12.1. The molecule has 3 aliphatic rings. The van der Waals surface area contributed by atoms with Gasteiger partial charge >= 0.3 is 0 Å². The van der Waals surface area contributed by atoms with Crippen molar-refractivity contribution in [1.29, 1.82) is 0 Å². The Labute approximate surface area is 278 Å². The molecule has 0 fully saturated rings. The van der Waals surface area contributed by atoms with Gasteiger partial charge in [-0.15, -0.1) is 0 Å². The Morgan fingerprint density at radius 3 is 2.50 bits per heavy atom. The monoisotopic (exact) mass is 674 g/mol. The Kier molecular flexibility index (Phi) is 7.35. The van der Waals surface area contributed by atoms with Crippen molar-refractivity contribution < 1.29 is 33.3 Å². The molecular weight excluding hydrogens is 644 g/mol. The number of hydrogen-bond acceptors (Lipinski definition) is 12. The first-order valence-corrected chi connectivity index (χ1v) is 15.3. The van der Waals surface area contributed by atoms with Crippen LogP contribution in [0.4, 0.5) is 11.8 Å². The highest BCUT2D eigenvalue weighted by Crippen LogP contribution is 2.56. The number of nitrogens with zero attached hydrogens (tertiary/aromatic N) is 3. The molecule has 3 unspecified atom stereocenters. The fraction of sp³-hybridized carbons (Fsp3) is 0.303. The fourth-order valence-corrected chi connectivity index (χ4v) is 7.03. The van der Waals surface area contributed by atoms with Gasteiger partial charge in [0.2, 0.25) is 23.1 Å². The number of aromatic amines is 1. The molecular formula is C33H31ClN6O8. The number of rotatable bonds is 7. The third-order valence-corrected chi connectivity index (χ3v) is 9.51. The number of nitrogens with two attached hydrogens (primary N) is 1. The third kappa shape index (κ3) is 4.43. The van der Waals surface area contributed by atoms with Crippen molar-refractivity contribution in [3.63, 3.8) is 0 Å². The number of carbonyl (C=O) groups excluding carboxylic acids is 2. The summed E-state index contributed by atoms with van der Waals surface area (Å²) in [6.07, 6.45) is 3.66. The lowest BCUT2D eigenvalue weighted by atomic mass is 9.66. The summed E-state index contributed by atoms with van der Waals surface area (Å²) in [6.45, 7) is 1.91. The minimum atomic E-state index is -2.01. The number of aromatic nitrogens is 4. The predicted molar refractivity (Wildman–Crippen MR) is 173 cm³/mol. The summed E-state index contributed by atoms with van der Waals surface area (Å²) in [5.74, 6) is -1.01. The van der Waals surface area contributed by atoms with Gasteiger partial charge in [-0.1, -0.05) is 24.6 Å². The molecule has 1 spiro atoms. The van der Waals surface area contributed by atoms with Gasteiger partial charge in [0.25, 0.3) is 5.56 Å². The van der Waals surface area contributed by atoms with Gasteiger partial charge in [0.05, 0.1) is 26.9 Å². The van der Waals surface area contributed by atoms with Crippen LogP contribution in [-0.2, 0) is 18.4 Å². The topological polar surface area (TPSA) is 182 Å². The number of benzene rings is 2. The van der Waals surface area contributed by atoms with Crippen LogP contribution in [0.2, 0.25) is 5.02 Å². The number of halogens is 1. The maximum atomic E-state index is 15.0. The number of aryl methyl sites for hydroxylation is 1. The lowest BCUT2D eigenvalue weighted by Gasteiger charge is -2.42. The first-order chi connectivity index (χ1) is 23.0. The zero-order valence-electron chi connectivity index (χ0n) is 26.6. The molecule has 2 aromatic heterocycles. The zero-order chi connectivity index (χ0) is 34.1. The molecule has 4 aromatic rings. The van der Waals surface area contributed by atoms with E-state index >= 15 is 4.79 Å². The summed E-state index contributed by atoms with van der Waals surface area (Å²) >= 11 is 6.64. The number of ether oxygens (including phenoxy) is 5. The molecule has 248 valence electrons. The van der Waals surface area contributed by atoms with Crippen LogP contribution in [-0.4, -0.2) is 58.0 Å². The van der Waals surface area contributed by atoms with Crippen molar-refractivity contribution in [1.82, 2.24) is 19.5 Å². The van der Waals surface area contributed by atoms with Gasteiger partial charge in [-0.2, -0.15) is 4.98 Å². The number of ketones is 2. The number of H-pyrrole nitrogens is 1. The first kappa shape index (κ1) is 31.1. The van der Waals surface area contributed by atoms with E-state index in [0.717, 1.165) is 0 Å². The molecule has 4 heterocycles. The van der Waals surface area contributed by atoms with Gasteiger partial charge in [0.15, 0.2) is 17.2 Å². The number of methoxy groups -OCH3 is 3. The fourth-order valence-electron chi connectivity index (χ4n) is 6.76. The first-order valence-electron chi connectivity index (χ1n) is 14.9. The summed E-state index contributed by atoms with van der Waals surface area (Å²) in [6, 6.07) is 6.58. The minimum Gasteiger partial charge on any atom is -0.496 e. The molecule has 2 aromatic carbocycles. The summed E-state index contributed by atoms with van der Waals surface area (Å²) in [4.78, 5) is 54.2. The molecule has 0 amide bonds. The van der Waals surface area contributed by atoms with Crippen LogP contribution in [0.15, 0.2) is 52.7 Å². The Balaban J connectivity index is 1.37. The molecule has 15 heteroatoms. The molecule has 0 bridgehead atoms. The number of allylic oxidation sites excluding steroid dienone is 1. The van der Waals surface area contributed by atoms with Crippen LogP contribution >= 0.6 is 11.6 Å². The zero-order valence-corrected chi connectivity index (χ0v) is 27.4. The second-order valence-electron chi connectivity index (χ2n) is 11.7. The van der Waals surface area contributed by atoms with E-state index in [1.54, 1.807) is 31.3 Å². The molecule has 48 heavy (non-hydrogen) atoms. The highest BCUT2D eigenvalue weighted by atomic mass is 35.5.